The van der Waals surface area contributed by atoms with E-state index in [1.165, 1.54) is 12.3 Å². The number of aryl methyl sites for hydroxylation is 1. The number of ketones is 1. The molecule has 3 N–H and O–H groups in total. The van der Waals surface area contributed by atoms with E-state index in [0.29, 0.717) is 41.5 Å². The van der Waals surface area contributed by atoms with Crippen LogP contribution in [0.15, 0.2) is 42.6 Å². The number of pyridine rings is 1. The van der Waals surface area contributed by atoms with Gasteiger partial charge >= 0.3 is 5.97 Å². The van der Waals surface area contributed by atoms with Crippen molar-refractivity contribution in [1.29, 1.82) is 0 Å². The number of nitrogens with one attached hydrogen (secondary N) is 2. The van der Waals surface area contributed by atoms with Crippen LogP contribution in [0.1, 0.15) is 27.9 Å². The second-order valence-corrected chi connectivity index (χ2v) is 7.01. The average Bonchev–Trinajstić information content (AvgIpc) is 3.11. The number of carboxylic acid groups (broad SMARTS) is 1. The Morgan fingerprint density at radius 1 is 1.37 bits per heavy atom. The van der Waals surface area contributed by atoms with Crippen LogP contribution in [0.25, 0.3) is 6.08 Å². The number of carbonyl (C=O) groups is 2. The van der Waals surface area contributed by atoms with E-state index in [9.17, 15) is 9.59 Å². The van der Waals surface area contributed by atoms with E-state index in [1.54, 1.807) is 6.07 Å². The van der Waals surface area contributed by atoms with Crippen LogP contribution < -0.4 is 10.6 Å². The van der Waals surface area contributed by atoms with Gasteiger partial charge in [0.25, 0.3) is 0 Å². The summed E-state index contributed by atoms with van der Waals surface area (Å²) in [5.41, 5.74) is 1.40. The molecule has 140 valence electrons. The highest BCUT2D eigenvalue weighted by Gasteiger charge is 2.42. The summed E-state index contributed by atoms with van der Waals surface area (Å²) in [7, 11) is 0. The van der Waals surface area contributed by atoms with Crippen LogP contribution in [-0.4, -0.2) is 40.5 Å². The van der Waals surface area contributed by atoms with Gasteiger partial charge in [0.2, 0.25) is 0 Å². The van der Waals surface area contributed by atoms with Crippen LogP contribution in [0.4, 0.5) is 5.82 Å². The lowest BCUT2D eigenvalue weighted by Crippen LogP contribution is -2.48. The van der Waals surface area contributed by atoms with Crippen LogP contribution in [0, 0.1) is 6.92 Å². The number of hydrogen-bond acceptors (Lipinski definition) is 5. The van der Waals surface area contributed by atoms with Crippen molar-refractivity contribution in [2.45, 2.75) is 18.9 Å². The molecule has 1 atom stereocenters. The molecule has 6 nitrogen and oxygen atoms in total. The number of benzene rings is 1. The van der Waals surface area contributed by atoms with Gasteiger partial charge < -0.3 is 15.7 Å². The predicted octanol–water partition coefficient (Wildman–Crippen LogP) is 3.17. The normalized spacial score (nSPS) is 19.3. The molecule has 0 aliphatic carbocycles. The van der Waals surface area contributed by atoms with Gasteiger partial charge in [-0.25, -0.2) is 9.78 Å². The maximum absolute atomic E-state index is 13.2. The lowest BCUT2D eigenvalue weighted by atomic mass is 9.87. The Labute approximate surface area is 162 Å². The molecule has 0 unspecified atom stereocenters. The topological polar surface area (TPSA) is 91.3 Å². The molecular weight excluding hydrogens is 366 g/mol. The molecule has 0 amide bonds. The van der Waals surface area contributed by atoms with E-state index >= 15 is 0 Å². The summed E-state index contributed by atoms with van der Waals surface area (Å²) in [6.45, 7) is 3.13. The summed E-state index contributed by atoms with van der Waals surface area (Å²) in [6, 6.07) is 9.12. The minimum absolute atomic E-state index is 0.0103. The maximum Gasteiger partial charge on any atom is 0.328 e. The molecule has 0 radical (unpaired) electrons. The van der Waals surface area contributed by atoms with Crippen molar-refractivity contribution in [3.05, 3.63) is 64.3 Å². The summed E-state index contributed by atoms with van der Waals surface area (Å²) in [5.74, 6) is -0.661. The van der Waals surface area contributed by atoms with Gasteiger partial charge in [-0.1, -0.05) is 35.4 Å². The van der Waals surface area contributed by atoms with Gasteiger partial charge in [0.05, 0.1) is 5.02 Å². The summed E-state index contributed by atoms with van der Waals surface area (Å²) in [4.78, 5) is 28.2. The number of aromatic nitrogens is 1. The number of carboxylic acids is 1. The van der Waals surface area contributed by atoms with Gasteiger partial charge in [-0.15, -0.1) is 0 Å². The van der Waals surface area contributed by atoms with Gasteiger partial charge in [0.15, 0.2) is 5.78 Å². The molecule has 0 spiro atoms. The standard InChI is InChI=1S/C20H20ClN3O3/c1-13-3-2-4-15(9-13)18(27)20(7-8-22-12-20)24-19-16(21)10-14(11-23-19)5-6-17(25)26/h2-6,9-11,22H,7-8,12H2,1H3,(H,23,24)(H,25,26)/b6-5+/t20-/m1/s1. The fourth-order valence-corrected chi connectivity index (χ4v) is 3.36. The molecule has 27 heavy (non-hydrogen) atoms. The second-order valence-electron chi connectivity index (χ2n) is 6.60. The summed E-state index contributed by atoms with van der Waals surface area (Å²) in [5, 5.41) is 15.5. The monoisotopic (exact) mass is 385 g/mol. The van der Waals surface area contributed by atoms with Crippen molar-refractivity contribution in [3.8, 4) is 0 Å². The third-order valence-corrected chi connectivity index (χ3v) is 4.80. The summed E-state index contributed by atoms with van der Waals surface area (Å²) < 4.78 is 0. The van der Waals surface area contributed by atoms with E-state index < -0.39 is 11.5 Å². The summed E-state index contributed by atoms with van der Waals surface area (Å²) in [6.07, 6.45) is 4.55. The lowest BCUT2D eigenvalue weighted by molar-refractivity contribution is -0.131. The minimum atomic E-state index is -1.05. The van der Waals surface area contributed by atoms with Crippen LogP contribution >= 0.6 is 11.6 Å². The zero-order valence-electron chi connectivity index (χ0n) is 14.8. The highest BCUT2D eigenvalue weighted by atomic mass is 35.5. The van der Waals surface area contributed by atoms with E-state index in [0.717, 1.165) is 11.6 Å². The number of aliphatic carboxylic acids is 1. The zero-order valence-corrected chi connectivity index (χ0v) is 15.6. The fraction of sp³-hybridized carbons (Fsp3) is 0.250. The van der Waals surface area contributed by atoms with Crippen LogP contribution in [0.2, 0.25) is 5.02 Å². The van der Waals surface area contributed by atoms with Gasteiger partial charge in [-0.2, -0.15) is 0 Å². The molecule has 1 aliphatic rings. The molecule has 2 aromatic rings. The lowest BCUT2D eigenvalue weighted by Gasteiger charge is -2.29. The second kappa shape index (κ2) is 7.90. The van der Waals surface area contributed by atoms with Crippen molar-refractivity contribution < 1.29 is 14.7 Å². The highest BCUT2D eigenvalue weighted by molar-refractivity contribution is 6.33. The molecule has 1 aromatic heterocycles. The zero-order chi connectivity index (χ0) is 19.4. The predicted molar refractivity (Wildman–Crippen MR) is 105 cm³/mol. The molecule has 1 saturated heterocycles. The van der Waals surface area contributed by atoms with Gasteiger partial charge in [0, 0.05) is 24.4 Å². The maximum atomic E-state index is 13.2. The van der Waals surface area contributed by atoms with E-state index in [-0.39, 0.29) is 5.78 Å². The first kappa shape index (κ1) is 19.1. The Morgan fingerprint density at radius 3 is 2.81 bits per heavy atom. The molecule has 0 saturated carbocycles. The first-order valence-electron chi connectivity index (χ1n) is 8.56. The highest BCUT2D eigenvalue weighted by Crippen LogP contribution is 2.29. The molecule has 2 heterocycles. The third kappa shape index (κ3) is 4.35. The van der Waals surface area contributed by atoms with E-state index in [1.807, 2.05) is 31.2 Å². The quantitative estimate of drug-likeness (QED) is 0.522. The first-order valence-corrected chi connectivity index (χ1v) is 8.94. The molecule has 3 rings (SSSR count). The largest absolute Gasteiger partial charge is 0.478 e. The van der Waals surface area contributed by atoms with Gasteiger partial charge in [-0.05, 0) is 43.7 Å². The number of hydrogen-bond donors (Lipinski definition) is 3. The van der Waals surface area contributed by atoms with Crippen LogP contribution in [0.5, 0.6) is 0 Å². The average molecular weight is 386 g/mol. The number of halogens is 1. The van der Waals surface area contributed by atoms with Crippen LogP contribution in [0.3, 0.4) is 0 Å². The molecule has 1 fully saturated rings. The minimum Gasteiger partial charge on any atom is -0.478 e. The molecule has 1 aliphatic heterocycles. The SMILES string of the molecule is Cc1cccc(C(=O)[C@@]2(Nc3ncc(/C=C/C(=O)O)cc3Cl)CCNC2)c1. The Morgan fingerprint density at radius 2 is 2.19 bits per heavy atom. The number of rotatable bonds is 6. The van der Waals surface area contributed by atoms with Crippen molar-refractivity contribution in [2.24, 2.45) is 0 Å². The molecular formula is C20H20ClN3O3. The number of anilines is 1. The molecule has 0 bridgehead atoms. The Balaban J connectivity index is 1.88. The first-order chi connectivity index (χ1) is 12.9. The van der Waals surface area contributed by atoms with Crippen molar-refractivity contribution in [1.82, 2.24) is 10.3 Å². The smallest absolute Gasteiger partial charge is 0.328 e. The summed E-state index contributed by atoms with van der Waals surface area (Å²) >= 11 is 6.32. The van der Waals surface area contributed by atoms with Crippen LogP contribution in [-0.2, 0) is 4.79 Å². The van der Waals surface area contributed by atoms with E-state index in [2.05, 4.69) is 15.6 Å². The van der Waals surface area contributed by atoms with Crippen molar-refractivity contribution in [3.63, 3.8) is 0 Å². The Hall–Kier alpha value is -2.70. The van der Waals surface area contributed by atoms with E-state index in [4.69, 9.17) is 16.7 Å². The number of Topliss-reactive ketones (excluding diaryl/α,β-unsaturated/α-hetero) is 1. The Kier molecular flexibility index (Phi) is 5.58. The number of nitrogens with zero attached hydrogens (tertiary/aromatic N) is 1. The molecule has 1 aromatic carbocycles. The van der Waals surface area contributed by atoms with Gasteiger partial charge in [-0.3, -0.25) is 4.79 Å². The fourth-order valence-electron chi connectivity index (χ4n) is 3.14. The molecule has 7 heteroatoms. The third-order valence-electron chi connectivity index (χ3n) is 4.51. The van der Waals surface area contributed by atoms with Crippen molar-refractivity contribution >= 4 is 35.2 Å². The van der Waals surface area contributed by atoms with Crippen molar-refractivity contribution in [2.75, 3.05) is 18.4 Å². The number of carbonyl (C=O) groups excluding carboxylic acids is 1. The Bertz CT molecular complexity index is 905. The van der Waals surface area contributed by atoms with Gasteiger partial charge in [0.1, 0.15) is 11.4 Å².